The fourth-order valence-corrected chi connectivity index (χ4v) is 4.20. The van der Waals surface area contributed by atoms with E-state index in [0.29, 0.717) is 12.1 Å². The van der Waals surface area contributed by atoms with Crippen molar-refractivity contribution < 1.29 is 14.3 Å². The molecule has 3 aromatic carbocycles. The number of carbonyl (C=O) groups is 2. The number of benzene rings is 3. The second kappa shape index (κ2) is 10.2. The van der Waals surface area contributed by atoms with E-state index in [9.17, 15) is 9.59 Å². The third-order valence-corrected chi connectivity index (χ3v) is 6.04. The van der Waals surface area contributed by atoms with Crippen LogP contribution in [0.3, 0.4) is 0 Å². The minimum absolute atomic E-state index is 0.137. The SMILES string of the molecule is O=C1Nc2cnc(-c3ccccc3)cc2CC1N(Cc1ccccc1)C(=O)OCc1ccccc1. The van der Waals surface area contributed by atoms with Crippen molar-refractivity contribution in [1.29, 1.82) is 0 Å². The molecule has 1 unspecified atom stereocenters. The van der Waals surface area contributed by atoms with Crippen molar-refractivity contribution in [2.45, 2.75) is 25.6 Å². The Morgan fingerprint density at radius 1 is 0.914 bits per heavy atom. The maximum atomic E-state index is 13.3. The predicted molar refractivity (Wildman–Crippen MR) is 134 cm³/mol. The molecule has 0 bridgehead atoms. The van der Waals surface area contributed by atoms with Crippen LogP contribution in [0.15, 0.2) is 103 Å². The molecule has 0 spiro atoms. The predicted octanol–water partition coefficient (Wildman–Crippen LogP) is 5.45. The van der Waals surface area contributed by atoms with E-state index in [1.54, 1.807) is 6.20 Å². The van der Waals surface area contributed by atoms with Crippen LogP contribution in [0, 0.1) is 0 Å². The van der Waals surface area contributed by atoms with Crippen LogP contribution in [0.4, 0.5) is 10.5 Å². The maximum absolute atomic E-state index is 13.3. The molecule has 1 aliphatic rings. The first kappa shape index (κ1) is 22.3. The molecule has 1 atom stereocenters. The van der Waals surface area contributed by atoms with Gasteiger partial charge in [-0.1, -0.05) is 91.0 Å². The Morgan fingerprint density at radius 2 is 1.54 bits per heavy atom. The number of fused-ring (bicyclic) bond motifs is 1. The van der Waals surface area contributed by atoms with Crippen LogP contribution < -0.4 is 5.32 Å². The molecule has 1 aliphatic heterocycles. The molecule has 1 N–H and O–H groups in total. The number of hydrogen-bond acceptors (Lipinski definition) is 4. The van der Waals surface area contributed by atoms with Gasteiger partial charge >= 0.3 is 6.09 Å². The highest BCUT2D eigenvalue weighted by molar-refractivity contribution is 5.99. The molecule has 0 fully saturated rings. The molecule has 0 saturated heterocycles. The third-order valence-electron chi connectivity index (χ3n) is 6.04. The van der Waals surface area contributed by atoms with Gasteiger partial charge in [-0.2, -0.15) is 0 Å². The number of rotatable bonds is 6. The van der Waals surface area contributed by atoms with Crippen molar-refractivity contribution >= 4 is 17.7 Å². The van der Waals surface area contributed by atoms with Crippen LogP contribution in [0.2, 0.25) is 0 Å². The summed E-state index contributed by atoms with van der Waals surface area (Å²) in [5, 5.41) is 2.93. The Morgan fingerprint density at radius 3 is 2.23 bits per heavy atom. The van der Waals surface area contributed by atoms with Gasteiger partial charge in [0.25, 0.3) is 0 Å². The molecule has 35 heavy (non-hydrogen) atoms. The van der Waals surface area contributed by atoms with Gasteiger partial charge in [-0.15, -0.1) is 0 Å². The summed E-state index contributed by atoms with van der Waals surface area (Å²) in [5.41, 5.74) is 5.22. The first-order valence-corrected chi connectivity index (χ1v) is 11.5. The van der Waals surface area contributed by atoms with Crippen molar-refractivity contribution in [3.63, 3.8) is 0 Å². The van der Waals surface area contributed by atoms with Gasteiger partial charge in [0.05, 0.1) is 17.6 Å². The standard InChI is InChI=1S/C29H25N3O3/c33-28-27(17-24-16-25(30-18-26(24)31-28)23-14-8-3-9-15-23)32(19-21-10-4-1-5-11-21)29(34)35-20-22-12-6-2-7-13-22/h1-16,18,27H,17,19-20H2,(H,31,33). The molecular weight excluding hydrogens is 438 g/mol. The van der Waals surface area contributed by atoms with E-state index >= 15 is 0 Å². The lowest BCUT2D eigenvalue weighted by Crippen LogP contribution is -2.50. The molecule has 6 heteroatoms. The topological polar surface area (TPSA) is 71.5 Å². The van der Waals surface area contributed by atoms with E-state index in [0.717, 1.165) is 27.9 Å². The van der Waals surface area contributed by atoms with E-state index in [-0.39, 0.29) is 19.1 Å². The van der Waals surface area contributed by atoms with Crippen LogP contribution in [0.5, 0.6) is 0 Å². The fourth-order valence-electron chi connectivity index (χ4n) is 4.20. The zero-order valence-electron chi connectivity index (χ0n) is 19.1. The summed E-state index contributed by atoms with van der Waals surface area (Å²) in [6.45, 7) is 0.399. The molecule has 1 aromatic heterocycles. The average molecular weight is 464 g/mol. The highest BCUT2D eigenvalue weighted by atomic mass is 16.6. The van der Waals surface area contributed by atoms with Crippen LogP contribution in [0.1, 0.15) is 16.7 Å². The first-order valence-electron chi connectivity index (χ1n) is 11.5. The maximum Gasteiger partial charge on any atom is 0.411 e. The smallest absolute Gasteiger partial charge is 0.411 e. The van der Waals surface area contributed by atoms with Crippen LogP contribution >= 0.6 is 0 Å². The van der Waals surface area contributed by atoms with Gasteiger partial charge < -0.3 is 10.1 Å². The Bertz CT molecular complexity index is 1310. The molecule has 6 nitrogen and oxygen atoms in total. The van der Waals surface area contributed by atoms with Gasteiger partial charge in [0, 0.05) is 18.5 Å². The molecule has 4 aromatic rings. The summed E-state index contributed by atoms with van der Waals surface area (Å²) in [6, 6.07) is 30.3. The highest BCUT2D eigenvalue weighted by Crippen LogP contribution is 2.29. The van der Waals surface area contributed by atoms with E-state index in [4.69, 9.17) is 4.74 Å². The Kier molecular flexibility index (Phi) is 6.52. The zero-order valence-corrected chi connectivity index (χ0v) is 19.1. The number of amides is 2. The van der Waals surface area contributed by atoms with Gasteiger partial charge in [-0.3, -0.25) is 14.7 Å². The number of ether oxygens (including phenoxy) is 1. The number of nitrogens with one attached hydrogen (secondary N) is 1. The number of pyridine rings is 1. The summed E-state index contributed by atoms with van der Waals surface area (Å²) in [6.07, 6.45) is 1.52. The summed E-state index contributed by atoms with van der Waals surface area (Å²) >= 11 is 0. The third kappa shape index (κ3) is 5.22. The largest absolute Gasteiger partial charge is 0.445 e. The van der Waals surface area contributed by atoms with Crippen molar-refractivity contribution in [1.82, 2.24) is 9.88 Å². The van der Waals surface area contributed by atoms with E-state index in [2.05, 4.69) is 10.3 Å². The van der Waals surface area contributed by atoms with Gasteiger partial charge in [0.2, 0.25) is 5.91 Å². The monoisotopic (exact) mass is 463 g/mol. The van der Waals surface area contributed by atoms with Gasteiger partial charge in [-0.05, 0) is 22.8 Å². The second-order valence-corrected chi connectivity index (χ2v) is 8.46. The van der Waals surface area contributed by atoms with Crippen molar-refractivity contribution in [3.8, 4) is 11.3 Å². The first-order chi connectivity index (χ1) is 17.2. The van der Waals surface area contributed by atoms with Crippen molar-refractivity contribution in [3.05, 3.63) is 120 Å². The second-order valence-electron chi connectivity index (χ2n) is 8.46. The normalized spacial score (nSPS) is 14.5. The lowest BCUT2D eigenvalue weighted by atomic mass is 9.97. The summed E-state index contributed by atoms with van der Waals surface area (Å²) < 4.78 is 5.64. The highest BCUT2D eigenvalue weighted by Gasteiger charge is 2.35. The molecule has 5 rings (SSSR count). The Balaban J connectivity index is 1.41. The van der Waals surface area contributed by atoms with Crippen LogP contribution in [0.25, 0.3) is 11.3 Å². The molecular formula is C29H25N3O3. The molecule has 2 amide bonds. The summed E-state index contributed by atoms with van der Waals surface area (Å²) in [5.74, 6) is -0.251. The van der Waals surface area contributed by atoms with Crippen LogP contribution in [-0.4, -0.2) is 27.9 Å². The number of nitrogens with zero attached hydrogens (tertiary/aromatic N) is 2. The Hall–Kier alpha value is -4.45. The van der Waals surface area contributed by atoms with Gasteiger partial charge in [0.1, 0.15) is 12.6 Å². The lowest BCUT2D eigenvalue weighted by molar-refractivity contribution is -0.121. The number of aromatic nitrogens is 1. The van der Waals surface area contributed by atoms with Crippen molar-refractivity contribution in [2.75, 3.05) is 5.32 Å². The van der Waals surface area contributed by atoms with Crippen LogP contribution in [-0.2, 0) is 29.1 Å². The zero-order chi connectivity index (χ0) is 24.0. The molecule has 0 radical (unpaired) electrons. The van der Waals surface area contributed by atoms with E-state index in [1.165, 1.54) is 4.90 Å². The minimum atomic E-state index is -0.711. The number of anilines is 1. The van der Waals surface area contributed by atoms with E-state index in [1.807, 2.05) is 97.1 Å². The van der Waals surface area contributed by atoms with Gasteiger partial charge in [0.15, 0.2) is 0 Å². The minimum Gasteiger partial charge on any atom is -0.445 e. The van der Waals surface area contributed by atoms with E-state index < -0.39 is 12.1 Å². The quantitative estimate of drug-likeness (QED) is 0.413. The van der Waals surface area contributed by atoms with Crippen molar-refractivity contribution in [2.24, 2.45) is 0 Å². The average Bonchev–Trinajstić information content (AvgIpc) is 2.91. The molecule has 0 saturated carbocycles. The summed E-state index contributed by atoms with van der Waals surface area (Å²) in [4.78, 5) is 32.4. The fraction of sp³-hybridized carbons (Fsp3) is 0.138. The number of carbonyl (C=O) groups excluding carboxylic acids is 2. The molecule has 174 valence electrons. The number of hydrogen-bond donors (Lipinski definition) is 1. The van der Waals surface area contributed by atoms with Gasteiger partial charge in [-0.25, -0.2) is 4.79 Å². The lowest BCUT2D eigenvalue weighted by Gasteiger charge is -2.33. The molecule has 2 heterocycles. The summed E-state index contributed by atoms with van der Waals surface area (Å²) in [7, 11) is 0. The molecule has 0 aliphatic carbocycles. The Labute approximate surface area is 204 Å².